The van der Waals surface area contributed by atoms with Crippen molar-refractivity contribution in [1.29, 1.82) is 0 Å². The predicted molar refractivity (Wildman–Crippen MR) is 51.2 cm³/mol. The van der Waals surface area contributed by atoms with Gasteiger partial charge in [0.2, 0.25) is 0 Å². The summed E-state index contributed by atoms with van der Waals surface area (Å²) in [6.07, 6.45) is -0.838. The van der Waals surface area contributed by atoms with Gasteiger partial charge in [0.05, 0.1) is 12.7 Å². The molecule has 0 radical (unpaired) electrons. The molecule has 0 aromatic heterocycles. The lowest BCUT2D eigenvalue weighted by Gasteiger charge is -2.08. The number of nitrogens with one attached hydrogen (secondary N) is 1. The van der Waals surface area contributed by atoms with Gasteiger partial charge in [-0.3, -0.25) is 0 Å². The number of hydrogen-bond donors (Lipinski definition) is 3. The quantitative estimate of drug-likeness (QED) is 0.669. The highest BCUT2D eigenvalue weighted by molar-refractivity contribution is 5.17. The van der Waals surface area contributed by atoms with Gasteiger partial charge in [0.25, 0.3) is 0 Å². The van der Waals surface area contributed by atoms with Gasteiger partial charge >= 0.3 is 0 Å². The third-order valence-electron chi connectivity index (χ3n) is 1.90. The Morgan fingerprint density at radius 1 is 1.27 bits per heavy atom. The van der Waals surface area contributed by atoms with Crippen molar-refractivity contribution in [3.63, 3.8) is 0 Å². The molecule has 0 saturated carbocycles. The fourth-order valence-electron chi connectivity index (χ4n) is 1.10. The molecule has 0 saturated heterocycles. The van der Waals surface area contributed by atoms with E-state index < -0.39 is 17.7 Å². The van der Waals surface area contributed by atoms with Gasteiger partial charge in [-0.25, -0.2) is 8.78 Å². The molecule has 1 unspecified atom stereocenters. The number of hydrogen-bond acceptors (Lipinski definition) is 3. The Balaban J connectivity index is 2.41. The molecule has 0 heterocycles. The first kappa shape index (κ1) is 12.0. The largest absolute Gasteiger partial charge is 0.394 e. The van der Waals surface area contributed by atoms with Crippen LogP contribution in [0.1, 0.15) is 5.56 Å². The number of aliphatic hydroxyl groups excluding tert-OH is 2. The van der Waals surface area contributed by atoms with Crippen LogP contribution in [-0.4, -0.2) is 29.5 Å². The van der Waals surface area contributed by atoms with E-state index in [1.807, 2.05) is 0 Å². The SMILES string of the molecule is OCC(O)CNCc1ccc(F)c(F)c1. The topological polar surface area (TPSA) is 52.5 Å². The highest BCUT2D eigenvalue weighted by Crippen LogP contribution is 2.08. The summed E-state index contributed by atoms with van der Waals surface area (Å²) in [6.45, 7) is 0.189. The van der Waals surface area contributed by atoms with Crippen LogP contribution in [0.5, 0.6) is 0 Å². The Hall–Kier alpha value is -1.04. The Morgan fingerprint density at radius 2 is 2.00 bits per heavy atom. The van der Waals surface area contributed by atoms with Crippen molar-refractivity contribution in [3.8, 4) is 0 Å². The van der Waals surface area contributed by atoms with E-state index in [0.29, 0.717) is 12.1 Å². The van der Waals surface area contributed by atoms with Gasteiger partial charge in [-0.05, 0) is 17.7 Å². The summed E-state index contributed by atoms with van der Waals surface area (Å²) < 4.78 is 25.3. The number of aliphatic hydroxyl groups is 2. The smallest absolute Gasteiger partial charge is 0.159 e. The van der Waals surface area contributed by atoms with E-state index in [9.17, 15) is 8.78 Å². The average Bonchev–Trinajstić information content (AvgIpc) is 2.23. The first-order valence-corrected chi connectivity index (χ1v) is 4.57. The van der Waals surface area contributed by atoms with E-state index in [2.05, 4.69) is 5.32 Å². The number of benzene rings is 1. The molecule has 0 fully saturated rings. The van der Waals surface area contributed by atoms with Gasteiger partial charge in [-0.2, -0.15) is 0 Å². The van der Waals surface area contributed by atoms with Crippen molar-refractivity contribution in [2.75, 3.05) is 13.2 Å². The lowest BCUT2D eigenvalue weighted by molar-refractivity contribution is 0.0942. The van der Waals surface area contributed by atoms with E-state index in [1.54, 1.807) is 0 Å². The molecule has 1 aromatic rings. The molecule has 84 valence electrons. The molecule has 1 rings (SSSR count). The summed E-state index contributed by atoms with van der Waals surface area (Å²) in [6, 6.07) is 3.60. The Labute approximate surface area is 86.4 Å². The lowest BCUT2D eigenvalue weighted by atomic mass is 10.2. The van der Waals surface area contributed by atoms with Gasteiger partial charge in [-0.1, -0.05) is 6.07 Å². The molecular formula is C10H13F2NO2. The van der Waals surface area contributed by atoms with Crippen LogP contribution in [0.25, 0.3) is 0 Å². The summed E-state index contributed by atoms with van der Waals surface area (Å²) in [5.41, 5.74) is 0.582. The van der Waals surface area contributed by atoms with Gasteiger partial charge in [0, 0.05) is 13.1 Å². The standard InChI is InChI=1S/C10H13F2NO2/c11-9-2-1-7(3-10(9)12)4-13-5-8(15)6-14/h1-3,8,13-15H,4-6H2. The van der Waals surface area contributed by atoms with Crippen molar-refractivity contribution >= 4 is 0 Å². The minimum Gasteiger partial charge on any atom is -0.394 e. The second-order valence-electron chi connectivity index (χ2n) is 3.22. The minimum absolute atomic E-state index is 0.204. The molecule has 0 spiro atoms. The molecule has 0 bridgehead atoms. The van der Waals surface area contributed by atoms with E-state index in [-0.39, 0.29) is 13.2 Å². The monoisotopic (exact) mass is 217 g/mol. The van der Waals surface area contributed by atoms with Crippen molar-refractivity contribution < 1.29 is 19.0 Å². The van der Waals surface area contributed by atoms with Gasteiger partial charge in [0.1, 0.15) is 0 Å². The fourth-order valence-corrected chi connectivity index (χ4v) is 1.10. The summed E-state index contributed by atoms with van der Waals surface area (Å²) in [5.74, 6) is -1.77. The van der Waals surface area contributed by atoms with Crippen molar-refractivity contribution in [3.05, 3.63) is 35.4 Å². The third-order valence-corrected chi connectivity index (χ3v) is 1.90. The van der Waals surface area contributed by atoms with Crippen LogP contribution in [-0.2, 0) is 6.54 Å². The Morgan fingerprint density at radius 3 is 2.60 bits per heavy atom. The van der Waals surface area contributed by atoms with Crippen molar-refractivity contribution in [2.45, 2.75) is 12.6 Å². The molecule has 1 aromatic carbocycles. The molecule has 5 heteroatoms. The molecule has 3 nitrogen and oxygen atoms in total. The van der Waals surface area contributed by atoms with Crippen LogP contribution >= 0.6 is 0 Å². The van der Waals surface area contributed by atoms with Crippen molar-refractivity contribution in [2.24, 2.45) is 0 Å². The van der Waals surface area contributed by atoms with E-state index >= 15 is 0 Å². The van der Waals surface area contributed by atoms with Crippen LogP contribution in [0.3, 0.4) is 0 Å². The van der Waals surface area contributed by atoms with E-state index in [1.165, 1.54) is 6.07 Å². The summed E-state index contributed by atoms with van der Waals surface area (Å²) in [4.78, 5) is 0. The maximum Gasteiger partial charge on any atom is 0.159 e. The molecule has 0 aliphatic heterocycles. The van der Waals surface area contributed by atoms with Crippen LogP contribution in [0, 0.1) is 11.6 Å². The van der Waals surface area contributed by atoms with Gasteiger partial charge in [0.15, 0.2) is 11.6 Å². The summed E-state index contributed by atoms with van der Waals surface area (Å²) in [7, 11) is 0. The summed E-state index contributed by atoms with van der Waals surface area (Å²) >= 11 is 0. The normalized spacial score (nSPS) is 12.8. The second kappa shape index (κ2) is 5.75. The molecule has 3 N–H and O–H groups in total. The molecule has 0 amide bonds. The van der Waals surface area contributed by atoms with Crippen LogP contribution in [0.2, 0.25) is 0 Å². The van der Waals surface area contributed by atoms with Crippen molar-refractivity contribution in [1.82, 2.24) is 5.32 Å². The molecule has 0 aliphatic rings. The average molecular weight is 217 g/mol. The maximum atomic E-state index is 12.7. The number of halogens is 2. The molecular weight excluding hydrogens is 204 g/mol. The predicted octanol–water partition coefficient (Wildman–Crippen LogP) is 0.408. The first-order valence-electron chi connectivity index (χ1n) is 4.57. The second-order valence-corrected chi connectivity index (χ2v) is 3.22. The Kier molecular flexibility index (Phi) is 4.61. The van der Waals surface area contributed by atoms with Crippen LogP contribution < -0.4 is 5.32 Å². The zero-order valence-electron chi connectivity index (χ0n) is 8.08. The molecule has 1 atom stereocenters. The minimum atomic E-state index is -0.892. The van der Waals surface area contributed by atoms with Gasteiger partial charge < -0.3 is 15.5 Å². The number of rotatable bonds is 5. The summed E-state index contributed by atoms with van der Waals surface area (Å²) in [5, 5.41) is 20.3. The fraction of sp³-hybridized carbons (Fsp3) is 0.400. The van der Waals surface area contributed by atoms with Crippen LogP contribution in [0.4, 0.5) is 8.78 Å². The van der Waals surface area contributed by atoms with E-state index in [0.717, 1.165) is 12.1 Å². The first-order chi connectivity index (χ1) is 7.13. The Bertz CT molecular complexity index is 320. The molecule has 0 aliphatic carbocycles. The van der Waals surface area contributed by atoms with Gasteiger partial charge in [-0.15, -0.1) is 0 Å². The highest BCUT2D eigenvalue weighted by Gasteiger charge is 2.03. The third kappa shape index (κ3) is 3.91. The zero-order valence-corrected chi connectivity index (χ0v) is 8.08. The van der Waals surface area contributed by atoms with E-state index in [4.69, 9.17) is 10.2 Å². The lowest BCUT2D eigenvalue weighted by Crippen LogP contribution is -2.28. The maximum absolute atomic E-state index is 12.7. The zero-order chi connectivity index (χ0) is 11.3. The molecule has 15 heavy (non-hydrogen) atoms. The highest BCUT2D eigenvalue weighted by atomic mass is 19.2. The van der Waals surface area contributed by atoms with Crippen LogP contribution in [0.15, 0.2) is 18.2 Å².